The molecule has 0 aliphatic heterocycles. The highest BCUT2D eigenvalue weighted by Crippen LogP contribution is 2.21. The van der Waals surface area contributed by atoms with E-state index in [-0.39, 0.29) is 11.3 Å². The standard InChI is InChI=1S/C13H18N4/c1-13(2,3)10-7-6-9(8-14)11(16-10)12(15)17(4)5/h6-7,15H,1-5H3. The summed E-state index contributed by atoms with van der Waals surface area (Å²) in [5.74, 6) is 0.257. The van der Waals surface area contributed by atoms with Crippen molar-refractivity contribution in [1.82, 2.24) is 9.88 Å². The Morgan fingerprint density at radius 2 is 1.94 bits per heavy atom. The van der Waals surface area contributed by atoms with Gasteiger partial charge >= 0.3 is 0 Å². The van der Waals surface area contributed by atoms with E-state index in [0.29, 0.717) is 11.3 Å². The van der Waals surface area contributed by atoms with E-state index in [1.54, 1.807) is 25.1 Å². The number of nitrogens with zero attached hydrogens (tertiary/aromatic N) is 3. The van der Waals surface area contributed by atoms with Crippen LogP contribution in [0.1, 0.15) is 37.7 Å². The van der Waals surface area contributed by atoms with Crippen LogP contribution in [-0.2, 0) is 5.41 Å². The molecule has 1 aromatic rings. The molecule has 1 aromatic heterocycles. The van der Waals surface area contributed by atoms with Gasteiger partial charge in [-0.15, -0.1) is 0 Å². The molecule has 1 rings (SSSR count). The molecule has 90 valence electrons. The third-order valence-corrected chi connectivity index (χ3v) is 2.46. The Bertz CT molecular complexity index is 475. The minimum Gasteiger partial charge on any atom is -0.361 e. The first-order valence-electron chi connectivity index (χ1n) is 5.45. The number of amidine groups is 1. The van der Waals surface area contributed by atoms with Gasteiger partial charge in [-0.05, 0) is 12.1 Å². The molecule has 0 saturated heterocycles. The van der Waals surface area contributed by atoms with Gasteiger partial charge in [0.2, 0.25) is 0 Å². The number of nitrogens with one attached hydrogen (secondary N) is 1. The zero-order valence-corrected chi connectivity index (χ0v) is 11.0. The molecule has 0 atom stereocenters. The zero-order valence-electron chi connectivity index (χ0n) is 11.0. The summed E-state index contributed by atoms with van der Waals surface area (Å²) >= 11 is 0. The van der Waals surface area contributed by atoms with Crippen LogP contribution >= 0.6 is 0 Å². The van der Waals surface area contributed by atoms with E-state index in [1.807, 2.05) is 6.07 Å². The second kappa shape index (κ2) is 4.54. The normalized spacial score (nSPS) is 10.8. The SMILES string of the molecule is CN(C)C(=N)c1nc(C(C)(C)C)ccc1C#N. The summed E-state index contributed by atoms with van der Waals surface area (Å²) in [6, 6.07) is 5.67. The fraction of sp³-hybridized carbons (Fsp3) is 0.462. The van der Waals surface area contributed by atoms with Gasteiger partial charge in [0.05, 0.1) is 5.56 Å². The van der Waals surface area contributed by atoms with Crippen LogP contribution in [0.5, 0.6) is 0 Å². The van der Waals surface area contributed by atoms with Crippen molar-refractivity contribution in [3.05, 3.63) is 29.1 Å². The van der Waals surface area contributed by atoms with Crippen molar-refractivity contribution in [1.29, 1.82) is 10.7 Å². The molecule has 0 radical (unpaired) electrons. The lowest BCUT2D eigenvalue weighted by Crippen LogP contribution is -2.25. The highest BCUT2D eigenvalue weighted by atomic mass is 15.1. The third-order valence-electron chi connectivity index (χ3n) is 2.46. The van der Waals surface area contributed by atoms with E-state index < -0.39 is 0 Å². The topological polar surface area (TPSA) is 63.8 Å². The first-order valence-corrected chi connectivity index (χ1v) is 5.45. The van der Waals surface area contributed by atoms with Crippen LogP contribution in [0.2, 0.25) is 0 Å². The van der Waals surface area contributed by atoms with Gasteiger partial charge < -0.3 is 4.90 Å². The predicted molar refractivity (Wildman–Crippen MR) is 68.2 cm³/mol. The van der Waals surface area contributed by atoms with Crippen LogP contribution < -0.4 is 0 Å². The van der Waals surface area contributed by atoms with Crippen LogP contribution in [0, 0.1) is 16.7 Å². The fourth-order valence-electron chi connectivity index (χ4n) is 1.36. The summed E-state index contributed by atoms with van der Waals surface area (Å²) in [7, 11) is 3.55. The molecule has 0 aromatic carbocycles. The fourth-order valence-corrected chi connectivity index (χ4v) is 1.36. The Labute approximate surface area is 102 Å². The molecule has 0 saturated carbocycles. The first-order chi connectivity index (χ1) is 7.77. The average Bonchev–Trinajstić information content (AvgIpc) is 2.25. The number of pyridine rings is 1. The Kier molecular flexibility index (Phi) is 3.52. The lowest BCUT2D eigenvalue weighted by atomic mass is 9.91. The summed E-state index contributed by atoms with van der Waals surface area (Å²) in [4.78, 5) is 6.10. The molecule has 0 fully saturated rings. The van der Waals surface area contributed by atoms with Crippen LogP contribution in [-0.4, -0.2) is 29.8 Å². The van der Waals surface area contributed by atoms with Gasteiger partial charge in [0.15, 0.2) is 0 Å². The molecule has 0 aliphatic rings. The molecule has 17 heavy (non-hydrogen) atoms. The minimum atomic E-state index is -0.0880. The number of hydrogen-bond acceptors (Lipinski definition) is 3. The Morgan fingerprint density at radius 1 is 1.35 bits per heavy atom. The predicted octanol–water partition coefficient (Wildman–Crippen LogP) is 2.14. The molecule has 1 heterocycles. The minimum absolute atomic E-state index is 0.0880. The van der Waals surface area contributed by atoms with E-state index in [9.17, 15) is 0 Å². The molecule has 4 nitrogen and oxygen atoms in total. The van der Waals surface area contributed by atoms with E-state index in [1.165, 1.54) is 0 Å². The molecule has 0 bridgehead atoms. The Morgan fingerprint density at radius 3 is 2.35 bits per heavy atom. The van der Waals surface area contributed by atoms with Crippen molar-refractivity contribution in [3.8, 4) is 6.07 Å². The highest BCUT2D eigenvalue weighted by Gasteiger charge is 2.19. The Balaban J connectivity index is 3.37. The van der Waals surface area contributed by atoms with Gasteiger partial charge in [-0.1, -0.05) is 20.8 Å². The molecule has 0 amide bonds. The monoisotopic (exact) mass is 230 g/mol. The van der Waals surface area contributed by atoms with Gasteiger partial charge in [0.25, 0.3) is 0 Å². The maximum atomic E-state index is 9.04. The quantitative estimate of drug-likeness (QED) is 0.594. The van der Waals surface area contributed by atoms with Crippen molar-refractivity contribution in [2.45, 2.75) is 26.2 Å². The average molecular weight is 230 g/mol. The molecule has 0 spiro atoms. The van der Waals surface area contributed by atoms with E-state index >= 15 is 0 Å². The second-order valence-electron chi connectivity index (χ2n) is 5.20. The van der Waals surface area contributed by atoms with E-state index in [0.717, 1.165) is 5.69 Å². The van der Waals surface area contributed by atoms with Crippen molar-refractivity contribution in [2.75, 3.05) is 14.1 Å². The van der Waals surface area contributed by atoms with Gasteiger partial charge in [-0.3, -0.25) is 5.41 Å². The van der Waals surface area contributed by atoms with Gasteiger partial charge in [-0.25, -0.2) is 4.98 Å². The van der Waals surface area contributed by atoms with Crippen LogP contribution in [0.25, 0.3) is 0 Å². The summed E-state index contributed by atoms with van der Waals surface area (Å²) in [5.41, 5.74) is 1.69. The summed E-state index contributed by atoms with van der Waals surface area (Å²) in [5, 5.41) is 17.0. The summed E-state index contributed by atoms with van der Waals surface area (Å²) < 4.78 is 0. The van der Waals surface area contributed by atoms with Crippen LogP contribution in [0.4, 0.5) is 0 Å². The van der Waals surface area contributed by atoms with Gasteiger partial charge in [-0.2, -0.15) is 5.26 Å². The number of hydrogen-bond donors (Lipinski definition) is 1. The molecule has 0 aliphatic carbocycles. The smallest absolute Gasteiger partial charge is 0.147 e. The lowest BCUT2D eigenvalue weighted by Gasteiger charge is -2.20. The maximum Gasteiger partial charge on any atom is 0.147 e. The van der Waals surface area contributed by atoms with Crippen molar-refractivity contribution in [3.63, 3.8) is 0 Å². The maximum absolute atomic E-state index is 9.04. The highest BCUT2D eigenvalue weighted by molar-refractivity contribution is 5.96. The largest absolute Gasteiger partial charge is 0.361 e. The molecular weight excluding hydrogens is 212 g/mol. The van der Waals surface area contributed by atoms with E-state index in [4.69, 9.17) is 10.7 Å². The zero-order chi connectivity index (χ0) is 13.2. The van der Waals surface area contributed by atoms with Crippen molar-refractivity contribution >= 4 is 5.84 Å². The van der Waals surface area contributed by atoms with Crippen molar-refractivity contribution < 1.29 is 0 Å². The Hall–Kier alpha value is -1.89. The molecule has 4 heteroatoms. The van der Waals surface area contributed by atoms with Crippen molar-refractivity contribution in [2.24, 2.45) is 0 Å². The number of nitriles is 1. The van der Waals surface area contributed by atoms with Gasteiger partial charge in [0, 0.05) is 25.2 Å². The molecule has 1 N–H and O–H groups in total. The van der Waals surface area contributed by atoms with Crippen LogP contribution in [0.3, 0.4) is 0 Å². The summed E-state index contributed by atoms with van der Waals surface area (Å²) in [6.45, 7) is 6.18. The first kappa shape index (κ1) is 13.2. The van der Waals surface area contributed by atoms with Gasteiger partial charge in [0.1, 0.15) is 17.6 Å². The molecule has 0 unspecified atom stereocenters. The number of aromatic nitrogens is 1. The lowest BCUT2D eigenvalue weighted by molar-refractivity contribution is 0.565. The summed E-state index contributed by atoms with van der Waals surface area (Å²) in [6.07, 6.45) is 0. The third kappa shape index (κ3) is 2.82. The number of rotatable bonds is 1. The van der Waals surface area contributed by atoms with Crippen LogP contribution in [0.15, 0.2) is 12.1 Å². The van der Waals surface area contributed by atoms with E-state index in [2.05, 4.69) is 31.8 Å². The second-order valence-corrected chi connectivity index (χ2v) is 5.20. The molecular formula is C13H18N4.